The Bertz CT molecular complexity index is 336. The lowest BCUT2D eigenvalue weighted by Gasteiger charge is -2.16. The number of unbranched alkanes of at least 4 members (excludes halogenated alkanes) is 1. The molecule has 0 amide bonds. The average Bonchev–Trinajstić information content (AvgIpc) is 2.36. The molecule has 0 saturated carbocycles. The van der Waals surface area contributed by atoms with Gasteiger partial charge in [0.05, 0.1) is 0 Å². The summed E-state index contributed by atoms with van der Waals surface area (Å²) in [6.07, 6.45) is 10.9. The molecule has 0 radical (unpaired) electrons. The molecule has 17 heavy (non-hydrogen) atoms. The third-order valence-corrected chi connectivity index (χ3v) is 3.45. The first-order valence-electron chi connectivity index (χ1n) is 7.02. The van der Waals surface area contributed by atoms with E-state index in [0.29, 0.717) is 0 Å². The van der Waals surface area contributed by atoms with Crippen LogP contribution < -0.4 is 0 Å². The topological polar surface area (TPSA) is 0 Å². The van der Waals surface area contributed by atoms with Crippen LogP contribution in [0.15, 0.2) is 30.3 Å². The molecule has 0 nitrogen and oxygen atoms in total. The molecule has 0 saturated heterocycles. The molecular formula is C17H26. The van der Waals surface area contributed by atoms with Crippen LogP contribution in [0.25, 0.3) is 6.08 Å². The first kappa shape index (κ1) is 14.0. The van der Waals surface area contributed by atoms with Gasteiger partial charge in [-0.3, -0.25) is 0 Å². The van der Waals surface area contributed by atoms with Crippen molar-refractivity contribution in [3.8, 4) is 0 Å². The molecule has 0 heteroatoms. The first-order chi connectivity index (χ1) is 8.31. The zero-order valence-corrected chi connectivity index (χ0v) is 11.6. The fourth-order valence-corrected chi connectivity index (χ4v) is 2.32. The van der Waals surface area contributed by atoms with Crippen molar-refractivity contribution in [3.63, 3.8) is 0 Å². The van der Waals surface area contributed by atoms with E-state index in [1.54, 1.807) is 0 Å². The monoisotopic (exact) mass is 230 g/mol. The van der Waals surface area contributed by atoms with Gasteiger partial charge in [-0.25, -0.2) is 0 Å². The van der Waals surface area contributed by atoms with E-state index >= 15 is 0 Å². The van der Waals surface area contributed by atoms with E-state index in [1.165, 1.54) is 43.2 Å². The highest BCUT2D eigenvalue weighted by molar-refractivity contribution is 5.53. The SMILES string of the molecule is CC=Cc1ccccc1CC(CC)CCCC. The Morgan fingerprint density at radius 1 is 1.18 bits per heavy atom. The second-order valence-electron chi connectivity index (χ2n) is 4.82. The van der Waals surface area contributed by atoms with Gasteiger partial charge < -0.3 is 0 Å². The van der Waals surface area contributed by atoms with Crippen molar-refractivity contribution in [1.29, 1.82) is 0 Å². The van der Waals surface area contributed by atoms with Crippen molar-refractivity contribution in [1.82, 2.24) is 0 Å². The zero-order valence-electron chi connectivity index (χ0n) is 11.6. The Kier molecular flexibility index (Phi) is 6.69. The molecule has 0 bridgehead atoms. The molecule has 0 N–H and O–H groups in total. The van der Waals surface area contributed by atoms with E-state index in [9.17, 15) is 0 Å². The summed E-state index contributed by atoms with van der Waals surface area (Å²) in [4.78, 5) is 0. The van der Waals surface area contributed by atoms with Crippen LogP contribution in [0.3, 0.4) is 0 Å². The lowest BCUT2D eigenvalue weighted by Crippen LogP contribution is -2.04. The van der Waals surface area contributed by atoms with Crippen LogP contribution in [0.4, 0.5) is 0 Å². The van der Waals surface area contributed by atoms with Gasteiger partial charge in [-0.05, 0) is 30.4 Å². The Labute approximate surface area is 107 Å². The maximum absolute atomic E-state index is 2.32. The minimum absolute atomic E-state index is 0.848. The summed E-state index contributed by atoms with van der Waals surface area (Å²) in [7, 11) is 0. The number of hydrogen-bond donors (Lipinski definition) is 0. The molecule has 0 aliphatic heterocycles. The molecular weight excluding hydrogens is 204 g/mol. The second kappa shape index (κ2) is 8.11. The third-order valence-electron chi connectivity index (χ3n) is 3.45. The predicted molar refractivity (Wildman–Crippen MR) is 78.2 cm³/mol. The van der Waals surface area contributed by atoms with Gasteiger partial charge in [0, 0.05) is 0 Å². The summed E-state index contributed by atoms with van der Waals surface area (Å²) in [6.45, 7) is 6.68. The molecule has 1 atom stereocenters. The molecule has 1 aromatic carbocycles. The first-order valence-corrected chi connectivity index (χ1v) is 7.02. The molecule has 0 spiro atoms. The van der Waals surface area contributed by atoms with Gasteiger partial charge in [0.2, 0.25) is 0 Å². The van der Waals surface area contributed by atoms with Crippen molar-refractivity contribution >= 4 is 6.08 Å². The molecule has 0 aromatic heterocycles. The maximum atomic E-state index is 2.32. The minimum atomic E-state index is 0.848. The molecule has 0 aliphatic rings. The molecule has 94 valence electrons. The van der Waals surface area contributed by atoms with Crippen LogP contribution in [0, 0.1) is 5.92 Å². The van der Waals surface area contributed by atoms with E-state index < -0.39 is 0 Å². The second-order valence-corrected chi connectivity index (χ2v) is 4.82. The summed E-state index contributed by atoms with van der Waals surface area (Å²) < 4.78 is 0. The summed E-state index contributed by atoms with van der Waals surface area (Å²) in [5.41, 5.74) is 2.90. The highest BCUT2D eigenvalue weighted by Crippen LogP contribution is 2.21. The number of benzene rings is 1. The lowest BCUT2D eigenvalue weighted by molar-refractivity contribution is 0.449. The van der Waals surface area contributed by atoms with Gasteiger partial charge in [-0.1, -0.05) is 75.9 Å². The normalized spacial score (nSPS) is 13.1. The van der Waals surface area contributed by atoms with Gasteiger partial charge in [-0.2, -0.15) is 0 Å². The van der Waals surface area contributed by atoms with Crippen LogP contribution >= 0.6 is 0 Å². The van der Waals surface area contributed by atoms with Crippen molar-refractivity contribution in [3.05, 3.63) is 41.5 Å². The lowest BCUT2D eigenvalue weighted by atomic mass is 9.90. The number of hydrogen-bond acceptors (Lipinski definition) is 0. The molecule has 0 aliphatic carbocycles. The van der Waals surface area contributed by atoms with E-state index in [4.69, 9.17) is 0 Å². The standard InChI is InChI=1S/C17H26/c1-4-7-11-15(6-3)14-17-13-9-8-12-16(17)10-5-2/h5,8-10,12-13,15H,4,6-7,11,14H2,1-3H3. The van der Waals surface area contributed by atoms with Gasteiger partial charge >= 0.3 is 0 Å². The molecule has 1 aromatic rings. The summed E-state index contributed by atoms with van der Waals surface area (Å²) in [5, 5.41) is 0. The van der Waals surface area contributed by atoms with Gasteiger partial charge in [-0.15, -0.1) is 0 Å². The van der Waals surface area contributed by atoms with Crippen LogP contribution in [0.2, 0.25) is 0 Å². The van der Waals surface area contributed by atoms with Gasteiger partial charge in [0.25, 0.3) is 0 Å². The van der Waals surface area contributed by atoms with Crippen LogP contribution in [-0.4, -0.2) is 0 Å². The highest BCUT2D eigenvalue weighted by Gasteiger charge is 2.08. The Morgan fingerprint density at radius 2 is 1.94 bits per heavy atom. The maximum Gasteiger partial charge on any atom is -0.0228 e. The molecule has 0 fully saturated rings. The van der Waals surface area contributed by atoms with E-state index in [2.05, 4.69) is 57.2 Å². The van der Waals surface area contributed by atoms with Crippen molar-refractivity contribution in [2.75, 3.05) is 0 Å². The minimum Gasteiger partial charge on any atom is -0.0871 e. The third kappa shape index (κ3) is 4.77. The fourth-order valence-electron chi connectivity index (χ4n) is 2.32. The summed E-state index contributed by atoms with van der Waals surface area (Å²) in [6, 6.07) is 8.80. The molecule has 1 rings (SSSR count). The highest BCUT2D eigenvalue weighted by atomic mass is 14.1. The summed E-state index contributed by atoms with van der Waals surface area (Å²) >= 11 is 0. The quantitative estimate of drug-likeness (QED) is 0.582. The smallest absolute Gasteiger partial charge is 0.0228 e. The van der Waals surface area contributed by atoms with E-state index in [0.717, 1.165) is 5.92 Å². The fraction of sp³-hybridized carbons (Fsp3) is 0.529. The average molecular weight is 230 g/mol. The molecule has 1 unspecified atom stereocenters. The Balaban J connectivity index is 2.71. The van der Waals surface area contributed by atoms with Crippen LogP contribution in [0.1, 0.15) is 57.6 Å². The van der Waals surface area contributed by atoms with Crippen LogP contribution in [0.5, 0.6) is 0 Å². The van der Waals surface area contributed by atoms with Crippen molar-refractivity contribution in [2.24, 2.45) is 5.92 Å². The Hall–Kier alpha value is -1.04. The van der Waals surface area contributed by atoms with E-state index in [1.807, 2.05) is 0 Å². The van der Waals surface area contributed by atoms with Crippen LogP contribution in [-0.2, 0) is 6.42 Å². The van der Waals surface area contributed by atoms with Gasteiger partial charge in [0.15, 0.2) is 0 Å². The Morgan fingerprint density at radius 3 is 2.59 bits per heavy atom. The van der Waals surface area contributed by atoms with Crippen molar-refractivity contribution in [2.45, 2.75) is 52.9 Å². The van der Waals surface area contributed by atoms with E-state index in [-0.39, 0.29) is 0 Å². The number of rotatable bonds is 7. The van der Waals surface area contributed by atoms with Gasteiger partial charge in [0.1, 0.15) is 0 Å². The zero-order chi connectivity index (χ0) is 12.5. The largest absolute Gasteiger partial charge is 0.0871 e. The van der Waals surface area contributed by atoms with Crippen molar-refractivity contribution < 1.29 is 0 Å². The molecule has 0 heterocycles. The summed E-state index contributed by atoms with van der Waals surface area (Å²) in [5.74, 6) is 0.848. The predicted octanol–water partition coefficient (Wildman–Crippen LogP) is 5.48. The number of allylic oxidation sites excluding steroid dienone is 1.